The number of hydrogen-bond acceptors (Lipinski definition) is 4. The Hall–Kier alpha value is -1.85. The first-order chi connectivity index (χ1) is 8.34. The molecule has 0 saturated heterocycles. The zero-order valence-electron chi connectivity index (χ0n) is 10.3. The van der Waals surface area contributed by atoms with E-state index in [1.807, 2.05) is 0 Å². The van der Waals surface area contributed by atoms with Crippen molar-refractivity contribution in [2.75, 3.05) is 6.61 Å². The lowest BCUT2D eigenvalue weighted by atomic mass is 9.99. The lowest BCUT2D eigenvalue weighted by molar-refractivity contribution is -0.148. The van der Waals surface area contributed by atoms with Crippen LogP contribution in [0.25, 0.3) is 0 Å². The molecule has 6 nitrogen and oxygen atoms in total. The third-order valence-electron chi connectivity index (χ3n) is 2.30. The minimum Gasteiger partial charge on any atom is -0.481 e. The minimum absolute atomic E-state index is 0.186. The number of unbranched alkanes of at least 4 members (excludes halogenated alkanes) is 1. The van der Waals surface area contributed by atoms with Crippen LogP contribution in [0.4, 0.5) is 0 Å². The highest BCUT2D eigenvalue weighted by atomic mass is 16.5. The predicted octanol–water partition coefficient (Wildman–Crippen LogP) is 1.45. The highest BCUT2D eigenvalue weighted by Crippen LogP contribution is 2.13. The van der Waals surface area contributed by atoms with Gasteiger partial charge in [0.2, 0.25) is 0 Å². The first-order valence-electron chi connectivity index (χ1n) is 5.61. The fourth-order valence-corrected chi connectivity index (χ4v) is 1.30. The molecule has 0 spiro atoms. The molecule has 1 atom stereocenters. The number of ether oxygens (including phenoxy) is 1. The zero-order valence-corrected chi connectivity index (χ0v) is 10.3. The van der Waals surface area contributed by atoms with Crippen molar-refractivity contribution in [1.82, 2.24) is 0 Å². The van der Waals surface area contributed by atoms with Crippen molar-refractivity contribution < 1.29 is 29.3 Å². The van der Waals surface area contributed by atoms with E-state index < -0.39 is 23.8 Å². The van der Waals surface area contributed by atoms with E-state index in [4.69, 9.17) is 14.9 Å². The molecular formula is C12H18O6. The number of hydrogen-bond donors (Lipinski definition) is 2. The van der Waals surface area contributed by atoms with Gasteiger partial charge in [0.25, 0.3) is 0 Å². The van der Waals surface area contributed by atoms with Crippen LogP contribution in [0.5, 0.6) is 0 Å². The molecular weight excluding hydrogens is 240 g/mol. The number of carboxylic acids is 2. The van der Waals surface area contributed by atoms with Crippen molar-refractivity contribution in [3.05, 3.63) is 12.2 Å². The molecule has 0 aromatic rings. The molecule has 0 aromatic carbocycles. The van der Waals surface area contributed by atoms with Crippen molar-refractivity contribution in [1.29, 1.82) is 0 Å². The van der Waals surface area contributed by atoms with Crippen LogP contribution in [-0.2, 0) is 19.1 Å². The van der Waals surface area contributed by atoms with Gasteiger partial charge in [-0.1, -0.05) is 6.58 Å². The van der Waals surface area contributed by atoms with Gasteiger partial charge in [-0.15, -0.1) is 0 Å². The molecule has 1 unspecified atom stereocenters. The van der Waals surface area contributed by atoms with Crippen molar-refractivity contribution in [3.63, 3.8) is 0 Å². The molecule has 0 aliphatic heterocycles. The van der Waals surface area contributed by atoms with Crippen LogP contribution in [0, 0.1) is 5.92 Å². The number of aliphatic carboxylic acids is 2. The number of rotatable bonds is 9. The molecule has 0 radical (unpaired) electrons. The topological polar surface area (TPSA) is 101 Å². The summed E-state index contributed by atoms with van der Waals surface area (Å²) >= 11 is 0. The summed E-state index contributed by atoms with van der Waals surface area (Å²) in [6.45, 7) is 5.14. The average Bonchev–Trinajstić information content (AvgIpc) is 2.25. The van der Waals surface area contributed by atoms with Gasteiger partial charge in [-0.05, 0) is 26.2 Å². The summed E-state index contributed by atoms with van der Waals surface area (Å²) in [5, 5.41) is 17.3. The van der Waals surface area contributed by atoms with E-state index in [0.29, 0.717) is 18.4 Å². The van der Waals surface area contributed by atoms with Crippen molar-refractivity contribution >= 4 is 17.9 Å². The Morgan fingerprint density at radius 2 is 1.83 bits per heavy atom. The minimum atomic E-state index is -1.13. The second-order valence-corrected chi connectivity index (χ2v) is 4.05. The van der Waals surface area contributed by atoms with Crippen LogP contribution < -0.4 is 0 Å². The smallest absolute Gasteiger partial charge is 0.333 e. The molecule has 2 N–H and O–H groups in total. The van der Waals surface area contributed by atoms with Gasteiger partial charge < -0.3 is 14.9 Å². The van der Waals surface area contributed by atoms with Gasteiger partial charge in [-0.25, -0.2) is 4.79 Å². The van der Waals surface area contributed by atoms with E-state index >= 15 is 0 Å². The van der Waals surface area contributed by atoms with Crippen LogP contribution in [0.1, 0.15) is 32.6 Å². The maximum absolute atomic E-state index is 11.0. The lowest BCUT2D eigenvalue weighted by Gasteiger charge is -2.09. The number of carboxylic acid groups (broad SMARTS) is 2. The van der Waals surface area contributed by atoms with Crippen LogP contribution >= 0.6 is 0 Å². The molecule has 0 aromatic heterocycles. The Labute approximate surface area is 105 Å². The third-order valence-corrected chi connectivity index (χ3v) is 2.30. The summed E-state index contributed by atoms with van der Waals surface area (Å²) in [4.78, 5) is 32.2. The Morgan fingerprint density at radius 1 is 1.22 bits per heavy atom. The average molecular weight is 258 g/mol. The maximum atomic E-state index is 11.0. The SMILES string of the molecule is C=C(C)C(=O)OCCCCC(CC(=O)O)C(=O)O. The van der Waals surface area contributed by atoms with E-state index in [2.05, 4.69) is 6.58 Å². The van der Waals surface area contributed by atoms with Gasteiger partial charge in [-0.3, -0.25) is 9.59 Å². The Balaban J connectivity index is 3.80. The number of carbonyl (C=O) groups excluding carboxylic acids is 1. The number of carbonyl (C=O) groups is 3. The van der Waals surface area contributed by atoms with E-state index in [1.165, 1.54) is 6.92 Å². The first-order valence-corrected chi connectivity index (χ1v) is 5.61. The van der Waals surface area contributed by atoms with Crippen molar-refractivity contribution in [2.24, 2.45) is 5.92 Å². The second kappa shape index (κ2) is 8.27. The Morgan fingerprint density at radius 3 is 2.28 bits per heavy atom. The van der Waals surface area contributed by atoms with Crippen LogP contribution in [0.3, 0.4) is 0 Å². The fraction of sp³-hybridized carbons (Fsp3) is 0.583. The largest absolute Gasteiger partial charge is 0.481 e. The van der Waals surface area contributed by atoms with Crippen molar-refractivity contribution in [3.8, 4) is 0 Å². The molecule has 0 fully saturated rings. The van der Waals surface area contributed by atoms with Gasteiger partial charge in [0, 0.05) is 5.57 Å². The van der Waals surface area contributed by atoms with Gasteiger partial charge in [0.1, 0.15) is 0 Å². The van der Waals surface area contributed by atoms with Gasteiger partial charge in [-0.2, -0.15) is 0 Å². The molecule has 0 amide bonds. The lowest BCUT2D eigenvalue weighted by Crippen LogP contribution is -2.18. The van der Waals surface area contributed by atoms with Gasteiger partial charge in [0.05, 0.1) is 18.9 Å². The van der Waals surface area contributed by atoms with Crippen LogP contribution in [-0.4, -0.2) is 34.7 Å². The Kier molecular flexibility index (Phi) is 7.42. The molecule has 0 aliphatic rings. The summed E-state index contributed by atoms with van der Waals surface area (Å²) < 4.78 is 4.82. The first kappa shape index (κ1) is 16.1. The van der Waals surface area contributed by atoms with Crippen molar-refractivity contribution in [2.45, 2.75) is 32.6 Å². The van der Waals surface area contributed by atoms with Gasteiger partial charge >= 0.3 is 17.9 Å². The highest BCUT2D eigenvalue weighted by molar-refractivity contribution is 5.86. The predicted molar refractivity (Wildman–Crippen MR) is 63.0 cm³/mol. The number of esters is 1. The second-order valence-electron chi connectivity index (χ2n) is 4.05. The summed E-state index contributed by atoms with van der Waals surface area (Å²) in [6, 6.07) is 0. The molecule has 0 saturated carbocycles. The third kappa shape index (κ3) is 7.43. The zero-order chi connectivity index (χ0) is 14.1. The van der Waals surface area contributed by atoms with Gasteiger partial charge in [0.15, 0.2) is 0 Å². The molecule has 6 heteroatoms. The van der Waals surface area contributed by atoms with E-state index in [0.717, 1.165) is 0 Å². The standard InChI is InChI=1S/C12H18O6/c1-8(2)12(17)18-6-4-3-5-9(11(15)16)7-10(13)14/h9H,1,3-7H2,2H3,(H,13,14)(H,15,16). The molecule has 0 aliphatic carbocycles. The van der Waals surface area contributed by atoms with E-state index in [-0.39, 0.29) is 19.4 Å². The fourth-order valence-electron chi connectivity index (χ4n) is 1.30. The summed E-state index contributed by atoms with van der Waals surface area (Å²) in [5.74, 6) is -3.61. The summed E-state index contributed by atoms with van der Waals surface area (Å²) in [6.07, 6.45) is 0.864. The molecule has 18 heavy (non-hydrogen) atoms. The van der Waals surface area contributed by atoms with E-state index in [1.54, 1.807) is 0 Å². The molecule has 0 heterocycles. The van der Waals surface area contributed by atoms with Crippen LogP contribution in [0.15, 0.2) is 12.2 Å². The Bertz CT molecular complexity index is 333. The normalized spacial score (nSPS) is 11.6. The molecule has 102 valence electrons. The summed E-state index contributed by atoms with van der Waals surface area (Å²) in [5.41, 5.74) is 0.310. The quantitative estimate of drug-likeness (QED) is 0.369. The van der Waals surface area contributed by atoms with E-state index in [9.17, 15) is 14.4 Å². The maximum Gasteiger partial charge on any atom is 0.333 e. The molecule has 0 rings (SSSR count). The monoisotopic (exact) mass is 258 g/mol. The van der Waals surface area contributed by atoms with Crippen LogP contribution in [0.2, 0.25) is 0 Å². The molecule has 0 bridgehead atoms. The highest BCUT2D eigenvalue weighted by Gasteiger charge is 2.20. The summed E-state index contributed by atoms with van der Waals surface area (Å²) in [7, 11) is 0.